The Balaban J connectivity index is 1.50. The van der Waals surface area contributed by atoms with Crippen molar-refractivity contribution in [1.29, 1.82) is 0 Å². The largest absolute Gasteiger partial charge is 0.478 e. The summed E-state index contributed by atoms with van der Waals surface area (Å²) in [6, 6.07) is 10.1. The first-order chi connectivity index (χ1) is 17.4. The molecule has 1 aliphatic heterocycles. The lowest BCUT2D eigenvalue weighted by atomic mass is 9.91. The highest BCUT2D eigenvalue weighted by atomic mass is 35.5. The van der Waals surface area contributed by atoms with E-state index in [9.17, 15) is 14.4 Å². The molecule has 3 aromatic rings. The number of carboxylic acids is 1. The van der Waals surface area contributed by atoms with Gasteiger partial charge < -0.3 is 21.1 Å². The van der Waals surface area contributed by atoms with E-state index in [0.717, 1.165) is 19.4 Å². The summed E-state index contributed by atoms with van der Waals surface area (Å²) >= 11 is 6.14. The molecule has 1 saturated heterocycles. The van der Waals surface area contributed by atoms with E-state index in [-0.39, 0.29) is 17.4 Å². The number of carboxylic acid groups (broad SMARTS) is 1. The standard InChI is InChI=1S/C24H24ClN7O4/c25-18-6-9-20(32-14-27-30-31-32)16(12-18)5-10-21(33)29-22(17-2-1-11-26-13-17)23(34)28-19-7-3-15(4-8-19)24(35)36/h3-10,12,14,17,22,26H,1-2,11,13H2,(H,28,34)(H,29,33)(H,35,36)/b10-5+/t17?,22-/m0/s1. The van der Waals surface area contributed by atoms with Crippen LogP contribution in [0.15, 0.2) is 54.9 Å². The van der Waals surface area contributed by atoms with Crippen LogP contribution < -0.4 is 16.0 Å². The number of halogens is 1. The van der Waals surface area contributed by atoms with Gasteiger partial charge in [0, 0.05) is 34.8 Å². The summed E-state index contributed by atoms with van der Waals surface area (Å²) < 4.78 is 1.45. The minimum atomic E-state index is -1.05. The number of aromatic carboxylic acids is 1. The van der Waals surface area contributed by atoms with Crippen LogP contribution in [-0.2, 0) is 9.59 Å². The van der Waals surface area contributed by atoms with Crippen LogP contribution in [0.3, 0.4) is 0 Å². The number of hydrogen-bond donors (Lipinski definition) is 4. The second-order valence-electron chi connectivity index (χ2n) is 8.26. The van der Waals surface area contributed by atoms with E-state index in [1.807, 2.05) is 0 Å². The molecule has 12 heteroatoms. The van der Waals surface area contributed by atoms with Crippen molar-refractivity contribution in [3.63, 3.8) is 0 Å². The Morgan fingerprint density at radius 2 is 2.00 bits per heavy atom. The number of nitrogens with one attached hydrogen (secondary N) is 3. The summed E-state index contributed by atoms with van der Waals surface area (Å²) in [6.45, 7) is 1.43. The van der Waals surface area contributed by atoms with Crippen LogP contribution in [0.1, 0.15) is 28.8 Å². The zero-order valence-corrected chi connectivity index (χ0v) is 19.9. The van der Waals surface area contributed by atoms with E-state index in [1.54, 1.807) is 24.3 Å². The first kappa shape index (κ1) is 25.0. The number of carbonyl (C=O) groups is 3. The van der Waals surface area contributed by atoms with E-state index >= 15 is 0 Å². The predicted molar refractivity (Wildman–Crippen MR) is 133 cm³/mol. The fourth-order valence-electron chi connectivity index (χ4n) is 3.98. The van der Waals surface area contributed by atoms with Crippen LogP contribution in [0.25, 0.3) is 11.8 Å². The van der Waals surface area contributed by atoms with Gasteiger partial charge in [-0.25, -0.2) is 4.79 Å². The van der Waals surface area contributed by atoms with Gasteiger partial charge in [-0.1, -0.05) is 11.6 Å². The lowest BCUT2D eigenvalue weighted by molar-refractivity contribution is -0.125. The van der Waals surface area contributed by atoms with Gasteiger partial charge in [0.05, 0.1) is 11.3 Å². The molecule has 2 amide bonds. The molecular weight excluding hydrogens is 486 g/mol. The number of hydrogen-bond acceptors (Lipinski definition) is 7. The van der Waals surface area contributed by atoms with E-state index in [1.165, 1.54) is 41.4 Å². The highest BCUT2D eigenvalue weighted by molar-refractivity contribution is 6.30. The van der Waals surface area contributed by atoms with Gasteiger partial charge in [-0.2, -0.15) is 4.68 Å². The first-order valence-electron chi connectivity index (χ1n) is 11.3. The highest BCUT2D eigenvalue weighted by Gasteiger charge is 2.30. The SMILES string of the molecule is O=C(/C=C/c1cc(Cl)ccc1-n1cnnn1)N[C@H](C(=O)Nc1ccc(C(=O)O)cc1)C1CCCNC1. The number of anilines is 1. The van der Waals surface area contributed by atoms with Crippen molar-refractivity contribution in [2.75, 3.05) is 18.4 Å². The molecule has 1 aromatic heterocycles. The number of piperidine rings is 1. The number of benzene rings is 2. The summed E-state index contributed by atoms with van der Waals surface area (Å²) in [7, 11) is 0. The Hall–Kier alpha value is -4.09. The molecule has 0 saturated carbocycles. The quantitative estimate of drug-likeness (QED) is 0.337. The molecule has 0 bridgehead atoms. The maximum atomic E-state index is 13.2. The van der Waals surface area contributed by atoms with Gasteiger partial charge in [0.1, 0.15) is 12.4 Å². The number of nitrogens with zero attached hydrogens (tertiary/aromatic N) is 4. The molecule has 4 N–H and O–H groups in total. The maximum Gasteiger partial charge on any atom is 0.335 e. The lowest BCUT2D eigenvalue weighted by Crippen LogP contribution is -2.52. The van der Waals surface area contributed by atoms with Gasteiger partial charge in [0.2, 0.25) is 11.8 Å². The Morgan fingerprint density at radius 1 is 1.19 bits per heavy atom. The molecule has 2 heterocycles. The third-order valence-corrected chi connectivity index (χ3v) is 6.02. The average Bonchev–Trinajstić information content (AvgIpc) is 3.41. The molecular formula is C24H24ClN7O4. The molecule has 11 nitrogen and oxygen atoms in total. The number of carbonyl (C=O) groups excluding carboxylic acids is 2. The van der Waals surface area contributed by atoms with Gasteiger partial charge in [0.15, 0.2) is 0 Å². The molecule has 2 aromatic carbocycles. The fraction of sp³-hybridized carbons (Fsp3) is 0.250. The number of rotatable bonds is 8. The maximum absolute atomic E-state index is 13.2. The number of tetrazole rings is 1. The molecule has 1 fully saturated rings. The smallest absolute Gasteiger partial charge is 0.335 e. The predicted octanol–water partition coefficient (Wildman–Crippen LogP) is 2.15. The van der Waals surface area contributed by atoms with Crippen LogP contribution in [0.5, 0.6) is 0 Å². The van der Waals surface area contributed by atoms with Crippen LogP contribution in [0.2, 0.25) is 5.02 Å². The Kier molecular flexibility index (Phi) is 8.03. The van der Waals surface area contributed by atoms with Crippen molar-refractivity contribution in [3.8, 4) is 5.69 Å². The fourth-order valence-corrected chi connectivity index (χ4v) is 4.16. The topological polar surface area (TPSA) is 151 Å². The zero-order chi connectivity index (χ0) is 25.5. The Bertz CT molecular complexity index is 1260. The third-order valence-electron chi connectivity index (χ3n) is 5.79. The van der Waals surface area contributed by atoms with E-state index in [4.69, 9.17) is 16.7 Å². The second kappa shape index (κ2) is 11.6. The Labute approximate surface area is 211 Å². The molecule has 1 unspecified atom stereocenters. The van der Waals surface area contributed by atoms with Crippen LogP contribution >= 0.6 is 11.6 Å². The summed E-state index contributed by atoms with van der Waals surface area (Å²) in [5.41, 5.74) is 1.79. The summed E-state index contributed by atoms with van der Waals surface area (Å²) in [4.78, 5) is 37.1. The van der Waals surface area contributed by atoms with Crippen LogP contribution in [0.4, 0.5) is 5.69 Å². The van der Waals surface area contributed by atoms with Gasteiger partial charge in [0.25, 0.3) is 0 Å². The molecule has 36 heavy (non-hydrogen) atoms. The monoisotopic (exact) mass is 509 g/mol. The number of amides is 2. The third kappa shape index (κ3) is 6.32. The number of aromatic nitrogens is 4. The van der Waals surface area contributed by atoms with E-state index in [0.29, 0.717) is 28.5 Å². The van der Waals surface area contributed by atoms with Gasteiger partial charge in [-0.15, -0.1) is 5.10 Å². The normalized spacial score (nSPS) is 16.4. The van der Waals surface area contributed by atoms with Gasteiger partial charge in [-0.3, -0.25) is 9.59 Å². The van der Waals surface area contributed by atoms with Gasteiger partial charge in [-0.05, 0) is 78.4 Å². The van der Waals surface area contributed by atoms with Crippen molar-refractivity contribution in [2.45, 2.75) is 18.9 Å². The van der Waals surface area contributed by atoms with Gasteiger partial charge >= 0.3 is 5.97 Å². The molecule has 2 atom stereocenters. The summed E-state index contributed by atoms with van der Waals surface area (Å²) in [5.74, 6) is -2.01. The van der Waals surface area contributed by atoms with Crippen molar-refractivity contribution in [3.05, 3.63) is 71.0 Å². The average molecular weight is 510 g/mol. The highest BCUT2D eigenvalue weighted by Crippen LogP contribution is 2.21. The summed E-state index contributed by atoms with van der Waals surface area (Å²) in [6.07, 6.45) is 5.99. The first-order valence-corrected chi connectivity index (χ1v) is 11.6. The second-order valence-corrected chi connectivity index (χ2v) is 8.69. The zero-order valence-electron chi connectivity index (χ0n) is 19.1. The molecule has 0 radical (unpaired) electrons. The minimum Gasteiger partial charge on any atom is -0.478 e. The molecule has 186 valence electrons. The van der Waals surface area contributed by atoms with Crippen LogP contribution in [-0.4, -0.2) is 62.2 Å². The van der Waals surface area contributed by atoms with Crippen molar-refractivity contribution >= 4 is 41.1 Å². The minimum absolute atomic E-state index is 0.113. The molecule has 4 rings (SSSR count). The molecule has 1 aliphatic rings. The summed E-state index contributed by atoms with van der Waals surface area (Å²) in [5, 5.41) is 29.6. The van der Waals surface area contributed by atoms with E-state index < -0.39 is 17.9 Å². The van der Waals surface area contributed by atoms with Crippen LogP contribution in [0, 0.1) is 5.92 Å². The molecule has 0 spiro atoms. The lowest BCUT2D eigenvalue weighted by Gasteiger charge is -2.30. The van der Waals surface area contributed by atoms with Crippen molar-refractivity contribution in [1.82, 2.24) is 30.8 Å². The molecule has 0 aliphatic carbocycles. The van der Waals surface area contributed by atoms with E-state index in [2.05, 4.69) is 31.5 Å². The Morgan fingerprint density at radius 3 is 2.67 bits per heavy atom. The van der Waals surface area contributed by atoms with Crippen molar-refractivity contribution < 1.29 is 19.5 Å². The van der Waals surface area contributed by atoms with Crippen molar-refractivity contribution in [2.24, 2.45) is 5.92 Å².